The van der Waals surface area contributed by atoms with Crippen molar-refractivity contribution < 1.29 is 14.3 Å². The normalized spacial score (nSPS) is 14.3. The van der Waals surface area contributed by atoms with E-state index in [0.717, 1.165) is 28.6 Å². The van der Waals surface area contributed by atoms with Gasteiger partial charge in [0.05, 0.1) is 35.6 Å². The van der Waals surface area contributed by atoms with E-state index in [0.29, 0.717) is 61.8 Å². The van der Waals surface area contributed by atoms with Gasteiger partial charge in [0.1, 0.15) is 0 Å². The molecule has 0 unspecified atom stereocenters. The van der Waals surface area contributed by atoms with Crippen LogP contribution in [0.25, 0.3) is 11.0 Å². The van der Waals surface area contributed by atoms with Crippen molar-refractivity contribution in [3.8, 4) is 11.5 Å². The van der Waals surface area contributed by atoms with Crippen molar-refractivity contribution in [1.82, 2.24) is 20.2 Å². The highest BCUT2D eigenvalue weighted by atomic mass is 35.5. The van der Waals surface area contributed by atoms with Crippen LogP contribution in [0.3, 0.4) is 0 Å². The highest BCUT2D eigenvalue weighted by molar-refractivity contribution is 6.32. The number of nitrogens with one attached hydrogen (secondary N) is 2. The van der Waals surface area contributed by atoms with E-state index >= 15 is 0 Å². The number of amides is 1. The molecule has 0 spiro atoms. The van der Waals surface area contributed by atoms with Crippen molar-refractivity contribution in [3.05, 3.63) is 52.8 Å². The summed E-state index contributed by atoms with van der Waals surface area (Å²) in [7, 11) is 0. The number of aromatic nitrogens is 2. The van der Waals surface area contributed by atoms with E-state index in [9.17, 15) is 4.79 Å². The Morgan fingerprint density at radius 3 is 2.88 bits per heavy atom. The number of imidazole rings is 1. The van der Waals surface area contributed by atoms with Crippen molar-refractivity contribution in [2.75, 3.05) is 26.3 Å². The highest BCUT2D eigenvalue weighted by Crippen LogP contribution is 2.38. The van der Waals surface area contributed by atoms with Crippen LogP contribution in [0.15, 0.2) is 36.7 Å². The lowest BCUT2D eigenvalue weighted by molar-refractivity contribution is -0.136. The molecular formula is C26H33ClN4O3. The Balaban J connectivity index is 1.41. The summed E-state index contributed by atoms with van der Waals surface area (Å²) in [6.45, 7) is 9.77. The van der Waals surface area contributed by atoms with Crippen LogP contribution in [0, 0.1) is 11.8 Å². The van der Waals surface area contributed by atoms with Crippen LogP contribution in [0.4, 0.5) is 0 Å². The molecule has 2 N–H and O–H groups in total. The number of H-pyrrole nitrogens is 1. The Morgan fingerprint density at radius 2 is 2.06 bits per heavy atom. The van der Waals surface area contributed by atoms with Gasteiger partial charge in [-0.15, -0.1) is 0 Å². The third-order valence-electron chi connectivity index (χ3n) is 5.85. The fourth-order valence-corrected chi connectivity index (χ4v) is 4.55. The first kappa shape index (κ1) is 24.4. The zero-order valence-corrected chi connectivity index (χ0v) is 20.8. The van der Waals surface area contributed by atoms with E-state index in [1.54, 1.807) is 6.33 Å². The van der Waals surface area contributed by atoms with Crippen molar-refractivity contribution in [2.24, 2.45) is 11.8 Å². The molecule has 1 aromatic heterocycles. The lowest BCUT2D eigenvalue weighted by Crippen LogP contribution is -2.40. The lowest BCUT2D eigenvalue weighted by atomic mass is 10.1. The van der Waals surface area contributed by atoms with Crippen LogP contribution < -0.4 is 14.8 Å². The van der Waals surface area contributed by atoms with E-state index in [4.69, 9.17) is 21.1 Å². The van der Waals surface area contributed by atoms with Gasteiger partial charge in [-0.05, 0) is 35.2 Å². The van der Waals surface area contributed by atoms with Crippen molar-refractivity contribution in [3.63, 3.8) is 0 Å². The molecule has 0 bridgehead atoms. The van der Waals surface area contributed by atoms with Crippen molar-refractivity contribution in [1.29, 1.82) is 0 Å². The maximum Gasteiger partial charge on any atom is 0.226 e. The quantitative estimate of drug-likeness (QED) is 0.456. The second-order valence-electron chi connectivity index (χ2n) is 9.32. The number of fused-ring (bicyclic) bond motifs is 2. The Morgan fingerprint density at radius 1 is 1.24 bits per heavy atom. The van der Waals surface area contributed by atoms with E-state index in [1.165, 1.54) is 0 Å². The minimum Gasteiger partial charge on any atom is -0.489 e. The third kappa shape index (κ3) is 5.83. The van der Waals surface area contributed by atoms with Gasteiger partial charge in [-0.2, -0.15) is 0 Å². The minimum atomic E-state index is -0.173. The van der Waals surface area contributed by atoms with Gasteiger partial charge in [-0.25, -0.2) is 4.98 Å². The van der Waals surface area contributed by atoms with Gasteiger partial charge in [0.15, 0.2) is 11.5 Å². The van der Waals surface area contributed by atoms with Crippen LogP contribution in [0.1, 0.15) is 38.3 Å². The zero-order chi connectivity index (χ0) is 24.1. The van der Waals surface area contributed by atoms with Gasteiger partial charge in [-0.1, -0.05) is 44.5 Å². The molecule has 34 heavy (non-hydrogen) atoms. The number of carbonyl (C=O) groups is 1. The number of ether oxygens (including phenoxy) is 2. The number of rotatable bonds is 9. The van der Waals surface area contributed by atoms with E-state index < -0.39 is 0 Å². The van der Waals surface area contributed by atoms with E-state index in [-0.39, 0.29) is 11.8 Å². The molecule has 8 heteroatoms. The Labute approximate surface area is 205 Å². The van der Waals surface area contributed by atoms with Gasteiger partial charge >= 0.3 is 0 Å². The zero-order valence-electron chi connectivity index (χ0n) is 20.1. The number of aromatic amines is 1. The number of para-hydroxylation sites is 1. The minimum absolute atomic E-state index is 0.113. The SMILES string of the molecule is CC(C)CN(Cc1cc(Cl)c2c(c1)OCCCO2)C(=O)[C@H](C)CNCc1cccc2[nH]cnc12. The van der Waals surface area contributed by atoms with Crippen molar-refractivity contribution in [2.45, 2.75) is 40.3 Å². The summed E-state index contributed by atoms with van der Waals surface area (Å²) in [5.74, 6) is 1.53. The van der Waals surface area contributed by atoms with Gasteiger partial charge in [0.2, 0.25) is 5.91 Å². The average molecular weight is 485 g/mol. The molecule has 2 aromatic carbocycles. The van der Waals surface area contributed by atoms with Gasteiger partial charge < -0.3 is 24.7 Å². The summed E-state index contributed by atoms with van der Waals surface area (Å²) >= 11 is 6.49. The monoisotopic (exact) mass is 484 g/mol. The average Bonchev–Trinajstić information content (AvgIpc) is 3.16. The van der Waals surface area contributed by atoms with Crippen LogP contribution in [0.2, 0.25) is 5.02 Å². The summed E-state index contributed by atoms with van der Waals surface area (Å²) in [6.07, 6.45) is 2.52. The molecule has 0 saturated carbocycles. The summed E-state index contributed by atoms with van der Waals surface area (Å²) in [6, 6.07) is 9.90. The molecule has 1 aliphatic rings. The van der Waals surface area contributed by atoms with Gasteiger partial charge in [-0.3, -0.25) is 4.79 Å². The van der Waals surface area contributed by atoms with Crippen LogP contribution >= 0.6 is 11.6 Å². The standard InChI is InChI=1S/C26H33ClN4O3/c1-17(2)14-31(15-19-10-21(27)25-23(11-19)33-8-5-9-34-25)26(32)18(3)12-28-13-20-6-4-7-22-24(20)30-16-29-22/h4,6-7,10-11,16-18,28H,5,8-9,12-15H2,1-3H3,(H,29,30)/t18-/m1/s1. The first-order valence-electron chi connectivity index (χ1n) is 11.9. The largest absolute Gasteiger partial charge is 0.489 e. The molecule has 2 heterocycles. The van der Waals surface area contributed by atoms with E-state index in [1.807, 2.05) is 36.1 Å². The maximum absolute atomic E-state index is 13.4. The molecular weight excluding hydrogens is 452 g/mol. The smallest absolute Gasteiger partial charge is 0.226 e. The molecule has 0 saturated heterocycles. The number of nitrogens with zero attached hydrogens (tertiary/aromatic N) is 2. The predicted molar refractivity (Wildman–Crippen MR) is 134 cm³/mol. The molecule has 3 aromatic rings. The summed E-state index contributed by atoms with van der Waals surface area (Å²) in [5.41, 5.74) is 4.02. The lowest BCUT2D eigenvalue weighted by Gasteiger charge is -2.28. The van der Waals surface area contributed by atoms with Crippen LogP contribution in [-0.2, 0) is 17.9 Å². The second-order valence-corrected chi connectivity index (χ2v) is 9.72. The fourth-order valence-electron chi connectivity index (χ4n) is 4.26. The summed E-state index contributed by atoms with van der Waals surface area (Å²) < 4.78 is 11.6. The summed E-state index contributed by atoms with van der Waals surface area (Å²) in [5, 5.41) is 3.96. The number of hydrogen-bond acceptors (Lipinski definition) is 5. The summed E-state index contributed by atoms with van der Waals surface area (Å²) in [4.78, 5) is 22.9. The molecule has 0 fully saturated rings. The third-order valence-corrected chi connectivity index (χ3v) is 6.13. The molecule has 4 rings (SSSR count). The Kier molecular flexibility index (Phi) is 7.95. The molecule has 1 aliphatic heterocycles. The van der Waals surface area contributed by atoms with Gasteiger partial charge in [0, 0.05) is 38.5 Å². The van der Waals surface area contributed by atoms with Gasteiger partial charge in [0.25, 0.3) is 0 Å². The van der Waals surface area contributed by atoms with Crippen LogP contribution in [0.5, 0.6) is 11.5 Å². The maximum atomic E-state index is 13.4. The molecule has 1 atom stereocenters. The molecule has 7 nitrogen and oxygen atoms in total. The second kappa shape index (κ2) is 11.1. The Bertz CT molecular complexity index is 1130. The number of halogens is 1. The van der Waals surface area contributed by atoms with E-state index in [2.05, 4.69) is 35.2 Å². The molecule has 182 valence electrons. The number of hydrogen-bond donors (Lipinski definition) is 2. The fraction of sp³-hybridized carbons (Fsp3) is 0.462. The first-order valence-corrected chi connectivity index (χ1v) is 12.3. The van der Waals surface area contributed by atoms with Crippen molar-refractivity contribution >= 4 is 28.5 Å². The molecule has 1 amide bonds. The molecule has 0 radical (unpaired) electrons. The highest BCUT2D eigenvalue weighted by Gasteiger charge is 2.23. The topological polar surface area (TPSA) is 79.5 Å². The Hall–Kier alpha value is -2.77. The first-order chi connectivity index (χ1) is 16.4. The predicted octanol–water partition coefficient (Wildman–Crippen LogP) is 4.79. The van der Waals surface area contributed by atoms with Crippen LogP contribution in [-0.4, -0.2) is 47.1 Å². The number of carbonyl (C=O) groups excluding carboxylic acids is 1. The molecule has 0 aliphatic carbocycles. The number of benzene rings is 2.